The second kappa shape index (κ2) is 7.47. The fraction of sp³-hybridized carbons (Fsp3) is 0.286. The highest BCUT2D eigenvalue weighted by molar-refractivity contribution is 5.30. The number of rotatable bonds is 3. The van der Waals surface area contributed by atoms with Crippen LogP contribution in [0.3, 0.4) is 0 Å². The van der Waals surface area contributed by atoms with Gasteiger partial charge in [-0.2, -0.15) is 0 Å². The molecule has 2 aromatic rings. The predicted molar refractivity (Wildman–Crippen MR) is 69.3 cm³/mol. The van der Waals surface area contributed by atoms with Gasteiger partial charge < -0.3 is 4.74 Å². The van der Waals surface area contributed by atoms with Crippen LogP contribution in [-0.4, -0.2) is 16.3 Å². The predicted octanol–water partition coefficient (Wildman–Crippen LogP) is 3.99. The van der Waals surface area contributed by atoms with Gasteiger partial charge in [0.05, 0.1) is 0 Å². The van der Waals surface area contributed by atoms with Gasteiger partial charge in [-0.15, -0.1) is 13.2 Å². The normalized spacial score (nSPS) is 10.4. The van der Waals surface area contributed by atoms with E-state index >= 15 is 0 Å². The molecule has 0 atom stereocenters. The lowest BCUT2D eigenvalue weighted by Gasteiger charge is -2.09. The third-order valence-corrected chi connectivity index (χ3v) is 2.18. The van der Waals surface area contributed by atoms with Gasteiger partial charge in [-0.1, -0.05) is 26.0 Å². The molecule has 0 aliphatic rings. The molecular formula is C14H15F3N2O. The average Bonchev–Trinajstić information content (AvgIpc) is 2.43. The van der Waals surface area contributed by atoms with Gasteiger partial charge in [-0.05, 0) is 23.3 Å². The van der Waals surface area contributed by atoms with Crippen LogP contribution in [0.1, 0.15) is 25.0 Å². The van der Waals surface area contributed by atoms with Crippen LogP contribution in [0, 0.1) is 0 Å². The molecular weight excluding hydrogens is 269 g/mol. The number of aromatic nitrogens is 2. The van der Waals surface area contributed by atoms with Crippen molar-refractivity contribution in [3.05, 3.63) is 54.1 Å². The number of alkyl halides is 3. The van der Waals surface area contributed by atoms with Gasteiger partial charge in [-0.25, -0.2) is 9.97 Å². The van der Waals surface area contributed by atoms with Gasteiger partial charge in [0.25, 0.3) is 0 Å². The molecule has 0 aliphatic carbocycles. The molecule has 1 heterocycles. The Hall–Kier alpha value is -2.11. The van der Waals surface area contributed by atoms with E-state index in [1.807, 2.05) is 13.8 Å². The highest BCUT2D eigenvalue weighted by atomic mass is 19.4. The third-order valence-electron chi connectivity index (χ3n) is 2.18. The zero-order valence-corrected chi connectivity index (χ0v) is 11.2. The summed E-state index contributed by atoms with van der Waals surface area (Å²) in [6, 6.07) is 5.72. The van der Waals surface area contributed by atoms with Gasteiger partial charge in [0.2, 0.25) is 0 Å². The van der Waals surface area contributed by atoms with Crippen molar-refractivity contribution in [3.8, 4) is 5.75 Å². The molecule has 6 heteroatoms. The lowest BCUT2D eigenvalue weighted by molar-refractivity contribution is -0.274. The molecule has 0 spiro atoms. The van der Waals surface area contributed by atoms with E-state index in [9.17, 15) is 13.2 Å². The molecule has 0 saturated carbocycles. The number of nitrogens with zero attached hydrogens (tertiary/aromatic N) is 2. The Labute approximate surface area is 115 Å². The molecule has 0 aliphatic heterocycles. The average molecular weight is 284 g/mol. The lowest BCUT2D eigenvalue weighted by atomic mass is 10.1. The summed E-state index contributed by atoms with van der Waals surface area (Å²) in [7, 11) is 0. The van der Waals surface area contributed by atoms with E-state index in [0.717, 1.165) is 11.1 Å². The Kier molecular flexibility index (Phi) is 5.96. The number of hydrogen-bond acceptors (Lipinski definition) is 3. The summed E-state index contributed by atoms with van der Waals surface area (Å²) in [6.07, 6.45) is 0.645. The van der Waals surface area contributed by atoms with Gasteiger partial charge in [0, 0.05) is 18.8 Å². The quantitative estimate of drug-likeness (QED) is 0.854. The van der Waals surface area contributed by atoms with Crippen molar-refractivity contribution in [3.63, 3.8) is 0 Å². The van der Waals surface area contributed by atoms with E-state index in [1.54, 1.807) is 24.5 Å². The van der Waals surface area contributed by atoms with Gasteiger partial charge in [0.1, 0.15) is 12.1 Å². The van der Waals surface area contributed by atoms with Crippen molar-refractivity contribution in [1.82, 2.24) is 9.97 Å². The van der Waals surface area contributed by atoms with E-state index in [0.29, 0.717) is 6.42 Å². The second-order valence-corrected chi connectivity index (χ2v) is 3.62. The van der Waals surface area contributed by atoms with Crippen molar-refractivity contribution in [2.24, 2.45) is 0 Å². The summed E-state index contributed by atoms with van der Waals surface area (Å²) in [6.45, 7) is 4.00. The minimum absolute atomic E-state index is 0.226. The van der Waals surface area contributed by atoms with Crippen LogP contribution >= 0.6 is 0 Å². The molecule has 1 aromatic heterocycles. The molecule has 0 saturated heterocycles. The fourth-order valence-corrected chi connectivity index (χ4v) is 1.47. The van der Waals surface area contributed by atoms with E-state index in [4.69, 9.17) is 0 Å². The molecule has 0 bridgehead atoms. The monoisotopic (exact) mass is 284 g/mol. The van der Waals surface area contributed by atoms with Crippen LogP contribution in [0.15, 0.2) is 43.0 Å². The summed E-state index contributed by atoms with van der Waals surface area (Å²) in [4.78, 5) is 7.72. The molecule has 0 radical (unpaired) electrons. The number of halogens is 3. The van der Waals surface area contributed by atoms with Crippen molar-refractivity contribution < 1.29 is 17.9 Å². The second-order valence-electron chi connectivity index (χ2n) is 3.62. The lowest BCUT2D eigenvalue weighted by Crippen LogP contribution is -2.17. The molecule has 0 unspecified atom stereocenters. The summed E-state index contributed by atoms with van der Waals surface area (Å²) >= 11 is 0. The minimum atomic E-state index is -4.66. The Morgan fingerprint density at radius 2 is 1.50 bits per heavy atom. The Bertz CT molecular complexity index is 498. The van der Waals surface area contributed by atoms with Crippen molar-refractivity contribution in [1.29, 1.82) is 0 Å². The molecule has 108 valence electrons. The van der Waals surface area contributed by atoms with Gasteiger partial charge in [-0.3, -0.25) is 0 Å². The van der Waals surface area contributed by atoms with E-state index in [1.165, 1.54) is 18.5 Å². The maximum atomic E-state index is 11.9. The molecule has 0 fully saturated rings. The van der Waals surface area contributed by atoms with Gasteiger partial charge in [0.15, 0.2) is 0 Å². The van der Waals surface area contributed by atoms with Crippen LogP contribution in [-0.2, 0) is 6.42 Å². The van der Waals surface area contributed by atoms with Crippen molar-refractivity contribution in [2.75, 3.05) is 0 Å². The first-order valence-electron chi connectivity index (χ1n) is 6.11. The topological polar surface area (TPSA) is 35.0 Å². The molecule has 3 nitrogen and oxygen atoms in total. The standard InChI is InChI=1S/C12H9F3N2O.C2H6/c13-12(14,15)18-11-3-1-9(2-4-11)5-10-6-16-8-17-7-10;1-2/h1-4,6-8H,5H2;1-2H3. The number of ether oxygens (including phenoxy) is 1. The maximum Gasteiger partial charge on any atom is 0.573 e. The Morgan fingerprint density at radius 3 is 2.00 bits per heavy atom. The summed E-state index contributed by atoms with van der Waals surface area (Å²) in [5.74, 6) is -0.226. The first-order chi connectivity index (χ1) is 9.53. The van der Waals surface area contributed by atoms with Crippen LogP contribution in [0.25, 0.3) is 0 Å². The fourth-order valence-electron chi connectivity index (χ4n) is 1.47. The zero-order chi connectivity index (χ0) is 15.0. The van der Waals surface area contributed by atoms with Gasteiger partial charge >= 0.3 is 6.36 Å². The molecule has 20 heavy (non-hydrogen) atoms. The Morgan fingerprint density at radius 1 is 0.950 bits per heavy atom. The van der Waals surface area contributed by atoms with Crippen molar-refractivity contribution >= 4 is 0 Å². The van der Waals surface area contributed by atoms with Crippen LogP contribution in [0.2, 0.25) is 0 Å². The SMILES string of the molecule is CC.FC(F)(F)Oc1ccc(Cc2cncnc2)cc1. The largest absolute Gasteiger partial charge is 0.573 e. The summed E-state index contributed by atoms with van der Waals surface area (Å²) in [5, 5.41) is 0. The molecule has 0 N–H and O–H groups in total. The first kappa shape index (κ1) is 15.9. The highest BCUT2D eigenvalue weighted by Gasteiger charge is 2.30. The highest BCUT2D eigenvalue weighted by Crippen LogP contribution is 2.23. The number of benzene rings is 1. The summed E-state index contributed by atoms with van der Waals surface area (Å²) in [5.41, 5.74) is 1.75. The maximum absolute atomic E-state index is 11.9. The minimum Gasteiger partial charge on any atom is -0.406 e. The van der Waals surface area contributed by atoms with Crippen LogP contribution in [0.4, 0.5) is 13.2 Å². The van der Waals surface area contributed by atoms with Crippen LogP contribution in [0.5, 0.6) is 5.75 Å². The first-order valence-corrected chi connectivity index (χ1v) is 6.11. The third kappa shape index (κ3) is 5.69. The smallest absolute Gasteiger partial charge is 0.406 e. The summed E-state index contributed by atoms with van der Waals surface area (Å²) < 4.78 is 39.6. The zero-order valence-electron chi connectivity index (χ0n) is 11.2. The van der Waals surface area contributed by atoms with Crippen LogP contribution < -0.4 is 4.74 Å². The van der Waals surface area contributed by atoms with E-state index in [2.05, 4.69) is 14.7 Å². The number of hydrogen-bond donors (Lipinski definition) is 0. The molecule has 0 amide bonds. The van der Waals surface area contributed by atoms with E-state index in [-0.39, 0.29) is 5.75 Å². The van der Waals surface area contributed by atoms with E-state index < -0.39 is 6.36 Å². The molecule has 1 aromatic carbocycles. The molecule has 2 rings (SSSR count). The Balaban J connectivity index is 0.000000956. The van der Waals surface area contributed by atoms with Crippen molar-refractivity contribution in [2.45, 2.75) is 26.6 Å².